The van der Waals surface area contributed by atoms with Gasteiger partial charge in [-0.1, -0.05) is 30.3 Å². The van der Waals surface area contributed by atoms with Gasteiger partial charge in [0.05, 0.1) is 17.3 Å². The molecule has 0 aliphatic heterocycles. The molecule has 1 aromatic carbocycles. The molecular formula is C14H11N3O2. The van der Waals surface area contributed by atoms with Crippen molar-refractivity contribution in [3.8, 4) is 6.07 Å². The maximum Gasteiger partial charge on any atom is 0.251 e. The Labute approximate surface area is 109 Å². The standard InChI is InChI=1S/C14H11N3O2/c15-8-11(9-4-2-1-3-5-9)13(18)12-10(14(16)19)6-7-17-12/h1-7,11,17H,(H2,16,19). The number of primary amides is 1. The summed E-state index contributed by atoms with van der Waals surface area (Å²) in [5, 5.41) is 9.18. The van der Waals surface area contributed by atoms with E-state index in [1.165, 1.54) is 12.3 Å². The number of carbonyl (C=O) groups excluding carboxylic acids is 2. The maximum absolute atomic E-state index is 12.3. The highest BCUT2D eigenvalue weighted by molar-refractivity contribution is 6.09. The van der Waals surface area contributed by atoms with Gasteiger partial charge in [-0.2, -0.15) is 5.26 Å². The van der Waals surface area contributed by atoms with E-state index in [2.05, 4.69) is 4.98 Å². The molecule has 2 aromatic rings. The number of aromatic nitrogens is 1. The van der Waals surface area contributed by atoms with Gasteiger partial charge in [-0.05, 0) is 11.6 Å². The third-order valence-electron chi connectivity index (χ3n) is 2.78. The largest absolute Gasteiger partial charge is 0.366 e. The number of nitriles is 1. The van der Waals surface area contributed by atoms with Crippen LogP contribution >= 0.6 is 0 Å². The number of ketones is 1. The minimum Gasteiger partial charge on any atom is -0.366 e. The van der Waals surface area contributed by atoms with Crippen molar-refractivity contribution in [3.05, 3.63) is 59.4 Å². The summed E-state index contributed by atoms with van der Waals surface area (Å²) in [6.07, 6.45) is 1.45. The van der Waals surface area contributed by atoms with Gasteiger partial charge >= 0.3 is 0 Å². The third kappa shape index (κ3) is 2.38. The highest BCUT2D eigenvalue weighted by Gasteiger charge is 2.26. The molecule has 0 saturated carbocycles. The monoisotopic (exact) mass is 253 g/mol. The molecule has 5 nitrogen and oxygen atoms in total. The molecule has 0 radical (unpaired) electrons. The van der Waals surface area contributed by atoms with Crippen LogP contribution in [0.2, 0.25) is 0 Å². The van der Waals surface area contributed by atoms with Crippen molar-refractivity contribution >= 4 is 11.7 Å². The van der Waals surface area contributed by atoms with E-state index in [-0.39, 0.29) is 11.3 Å². The average molecular weight is 253 g/mol. The molecule has 94 valence electrons. The minimum absolute atomic E-state index is 0.0721. The number of aromatic amines is 1. The first kappa shape index (κ1) is 12.6. The predicted octanol–water partition coefficient (Wildman–Crippen LogP) is 1.60. The fourth-order valence-corrected chi connectivity index (χ4v) is 1.85. The number of nitrogens with one attached hydrogen (secondary N) is 1. The summed E-state index contributed by atoms with van der Waals surface area (Å²) < 4.78 is 0. The molecule has 3 N–H and O–H groups in total. The van der Waals surface area contributed by atoms with Crippen LogP contribution in [-0.4, -0.2) is 16.7 Å². The maximum atomic E-state index is 12.3. The number of nitrogens with two attached hydrogens (primary N) is 1. The predicted molar refractivity (Wildman–Crippen MR) is 68.4 cm³/mol. The lowest BCUT2D eigenvalue weighted by Crippen LogP contribution is -2.18. The zero-order valence-corrected chi connectivity index (χ0v) is 9.96. The Balaban J connectivity index is 2.40. The molecule has 5 heteroatoms. The Morgan fingerprint density at radius 1 is 1.21 bits per heavy atom. The van der Waals surface area contributed by atoms with Crippen LogP contribution in [0.15, 0.2) is 42.6 Å². The quantitative estimate of drug-likeness (QED) is 0.809. The first-order chi connectivity index (χ1) is 9.15. The highest BCUT2D eigenvalue weighted by atomic mass is 16.1. The van der Waals surface area contributed by atoms with Crippen molar-refractivity contribution in [2.75, 3.05) is 0 Å². The molecule has 2 rings (SSSR count). The van der Waals surface area contributed by atoms with E-state index in [1.807, 2.05) is 6.07 Å². The molecule has 1 amide bonds. The van der Waals surface area contributed by atoms with Gasteiger partial charge in [0.1, 0.15) is 5.92 Å². The topological polar surface area (TPSA) is 99.7 Å². The zero-order valence-electron chi connectivity index (χ0n) is 9.96. The molecule has 0 aliphatic rings. The number of hydrogen-bond donors (Lipinski definition) is 2. The summed E-state index contributed by atoms with van der Waals surface area (Å²) in [4.78, 5) is 26.2. The van der Waals surface area contributed by atoms with Crippen molar-refractivity contribution in [1.82, 2.24) is 4.98 Å². The lowest BCUT2D eigenvalue weighted by Gasteiger charge is -2.08. The first-order valence-corrected chi connectivity index (χ1v) is 5.61. The smallest absolute Gasteiger partial charge is 0.251 e. The van der Waals surface area contributed by atoms with Crippen LogP contribution < -0.4 is 5.73 Å². The summed E-state index contributed by atoms with van der Waals surface area (Å²) in [5.41, 5.74) is 5.94. The fourth-order valence-electron chi connectivity index (χ4n) is 1.85. The number of amides is 1. The average Bonchev–Trinajstić information content (AvgIpc) is 2.90. The summed E-state index contributed by atoms with van der Waals surface area (Å²) in [6.45, 7) is 0. The van der Waals surface area contributed by atoms with E-state index in [1.54, 1.807) is 30.3 Å². The summed E-state index contributed by atoms with van der Waals surface area (Å²) in [5.74, 6) is -2.13. The molecule has 1 atom stereocenters. The molecule has 0 saturated heterocycles. The molecule has 1 aromatic heterocycles. The van der Waals surface area contributed by atoms with Gasteiger partial charge in [-0.25, -0.2) is 0 Å². The van der Waals surface area contributed by atoms with Crippen molar-refractivity contribution in [1.29, 1.82) is 5.26 Å². The van der Waals surface area contributed by atoms with E-state index in [0.717, 1.165) is 0 Å². The SMILES string of the molecule is N#CC(C(=O)c1[nH]ccc1C(N)=O)c1ccccc1. The van der Waals surface area contributed by atoms with E-state index in [0.29, 0.717) is 5.56 Å². The van der Waals surface area contributed by atoms with Gasteiger partial charge in [-0.3, -0.25) is 9.59 Å². The van der Waals surface area contributed by atoms with E-state index in [9.17, 15) is 14.9 Å². The molecule has 0 fully saturated rings. The highest BCUT2D eigenvalue weighted by Crippen LogP contribution is 2.21. The summed E-state index contributed by atoms with van der Waals surface area (Å²) in [7, 11) is 0. The van der Waals surface area contributed by atoms with Crippen molar-refractivity contribution in [2.24, 2.45) is 5.73 Å². The van der Waals surface area contributed by atoms with Crippen LogP contribution in [-0.2, 0) is 0 Å². The normalized spacial score (nSPS) is 11.5. The number of benzene rings is 1. The molecule has 0 spiro atoms. The van der Waals surface area contributed by atoms with E-state index >= 15 is 0 Å². The molecule has 1 unspecified atom stereocenters. The van der Waals surface area contributed by atoms with Crippen molar-refractivity contribution in [2.45, 2.75) is 5.92 Å². The van der Waals surface area contributed by atoms with E-state index < -0.39 is 17.6 Å². The zero-order chi connectivity index (χ0) is 13.8. The Bertz CT molecular complexity index is 653. The number of carbonyl (C=O) groups is 2. The van der Waals surface area contributed by atoms with Crippen LogP contribution in [0, 0.1) is 11.3 Å². The van der Waals surface area contributed by atoms with Crippen LogP contribution in [0.3, 0.4) is 0 Å². The lowest BCUT2D eigenvalue weighted by atomic mass is 9.93. The van der Waals surface area contributed by atoms with Gasteiger partial charge in [0, 0.05) is 6.20 Å². The fraction of sp³-hybridized carbons (Fsp3) is 0.0714. The number of nitrogens with zero attached hydrogens (tertiary/aromatic N) is 1. The number of hydrogen-bond acceptors (Lipinski definition) is 3. The van der Waals surface area contributed by atoms with Crippen molar-refractivity contribution < 1.29 is 9.59 Å². The van der Waals surface area contributed by atoms with Crippen LogP contribution in [0.4, 0.5) is 0 Å². The molecule has 1 heterocycles. The second-order valence-corrected chi connectivity index (χ2v) is 3.97. The van der Waals surface area contributed by atoms with Crippen LogP contribution in [0.5, 0.6) is 0 Å². The van der Waals surface area contributed by atoms with Gasteiger partial charge < -0.3 is 10.7 Å². The molecule has 19 heavy (non-hydrogen) atoms. The van der Waals surface area contributed by atoms with Gasteiger partial charge in [-0.15, -0.1) is 0 Å². The Morgan fingerprint density at radius 2 is 1.89 bits per heavy atom. The Morgan fingerprint density at radius 3 is 2.47 bits per heavy atom. The van der Waals surface area contributed by atoms with Gasteiger partial charge in [0.15, 0.2) is 0 Å². The van der Waals surface area contributed by atoms with Crippen molar-refractivity contribution in [3.63, 3.8) is 0 Å². The second-order valence-electron chi connectivity index (χ2n) is 3.97. The number of Topliss-reactive ketones (excluding diaryl/α,β-unsaturated/α-hetero) is 1. The van der Waals surface area contributed by atoms with E-state index in [4.69, 9.17) is 5.73 Å². The molecule has 0 aliphatic carbocycles. The number of H-pyrrole nitrogens is 1. The first-order valence-electron chi connectivity index (χ1n) is 5.61. The van der Waals surface area contributed by atoms with Gasteiger partial charge in [0.25, 0.3) is 5.91 Å². The van der Waals surface area contributed by atoms with Crippen LogP contribution in [0.25, 0.3) is 0 Å². The Hall–Kier alpha value is -2.87. The second kappa shape index (κ2) is 5.19. The summed E-state index contributed by atoms with van der Waals surface area (Å²) >= 11 is 0. The van der Waals surface area contributed by atoms with Crippen LogP contribution in [0.1, 0.15) is 32.3 Å². The van der Waals surface area contributed by atoms with Gasteiger partial charge in [0.2, 0.25) is 5.78 Å². The minimum atomic E-state index is -0.960. The lowest BCUT2D eigenvalue weighted by molar-refractivity contribution is 0.0952. The molecule has 0 bridgehead atoms. The summed E-state index contributed by atoms with van der Waals surface area (Å²) in [6, 6.07) is 12.1. The third-order valence-corrected chi connectivity index (χ3v) is 2.78. The Kier molecular flexibility index (Phi) is 3.44. The number of rotatable bonds is 4. The molecular weight excluding hydrogens is 242 g/mol.